The van der Waals surface area contributed by atoms with E-state index in [0.29, 0.717) is 10.9 Å². The maximum atomic E-state index is 6.10. The number of rotatable bonds is 3. The monoisotopic (exact) mass is 301 g/mol. The number of nitrogens with zero attached hydrogens (tertiary/aromatic N) is 5. The van der Waals surface area contributed by atoms with Crippen molar-refractivity contribution in [2.24, 2.45) is 0 Å². The van der Waals surface area contributed by atoms with Crippen LogP contribution in [0.5, 0.6) is 0 Å². The van der Waals surface area contributed by atoms with Crippen molar-refractivity contribution in [1.82, 2.24) is 19.6 Å². The highest BCUT2D eigenvalue weighted by Gasteiger charge is 2.30. The SMILES string of the molecule is CCN(C)c1nc2cc(Cl)ccc2c2nnc(C3CC3)n12. The lowest BCUT2D eigenvalue weighted by Gasteiger charge is -2.18. The molecule has 1 aliphatic carbocycles. The molecule has 1 saturated carbocycles. The fraction of sp³-hybridized carbons (Fsp3) is 0.400. The second-order valence-corrected chi connectivity index (χ2v) is 6.02. The van der Waals surface area contributed by atoms with Gasteiger partial charge in [0.2, 0.25) is 5.95 Å². The van der Waals surface area contributed by atoms with Gasteiger partial charge in [0.1, 0.15) is 5.82 Å². The second kappa shape index (κ2) is 4.56. The molecule has 0 aliphatic heterocycles. The molecule has 1 fully saturated rings. The van der Waals surface area contributed by atoms with Crippen molar-refractivity contribution in [2.75, 3.05) is 18.5 Å². The highest BCUT2D eigenvalue weighted by molar-refractivity contribution is 6.31. The number of anilines is 1. The van der Waals surface area contributed by atoms with Gasteiger partial charge in [-0.1, -0.05) is 11.6 Å². The third-order valence-corrected chi connectivity index (χ3v) is 4.30. The van der Waals surface area contributed by atoms with E-state index in [9.17, 15) is 0 Å². The van der Waals surface area contributed by atoms with E-state index >= 15 is 0 Å². The Hall–Kier alpha value is -1.88. The van der Waals surface area contributed by atoms with Gasteiger partial charge in [0.05, 0.1) is 5.52 Å². The summed E-state index contributed by atoms with van der Waals surface area (Å²) in [7, 11) is 2.04. The first-order valence-corrected chi connectivity index (χ1v) is 7.62. The standard InChI is InChI=1S/C15H16ClN5/c1-3-20(2)15-17-12-8-10(16)6-7-11(12)14-19-18-13(21(14)15)9-4-5-9/h6-9H,3-5H2,1-2H3. The van der Waals surface area contributed by atoms with Gasteiger partial charge in [0, 0.05) is 29.9 Å². The predicted molar refractivity (Wildman–Crippen MR) is 84.2 cm³/mol. The Bertz CT molecular complexity index is 837. The van der Waals surface area contributed by atoms with E-state index in [0.717, 1.165) is 34.9 Å². The maximum Gasteiger partial charge on any atom is 0.213 e. The molecule has 0 N–H and O–H groups in total. The van der Waals surface area contributed by atoms with E-state index in [2.05, 4.69) is 26.4 Å². The lowest BCUT2D eigenvalue weighted by molar-refractivity contribution is 0.838. The summed E-state index contributed by atoms with van der Waals surface area (Å²) in [6, 6.07) is 5.73. The highest BCUT2D eigenvalue weighted by atomic mass is 35.5. The van der Waals surface area contributed by atoms with E-state index in [1.54, 1.807) is 0 Å². The van der Waals surface area contributed by atoms with Gasteiger partial charge in [-0.2, -0.15) is 0 Å². The molecule has 0 amide bonds. The van der Waals surface area contributed by atoms with Crippen LogP contribution < -0.4 is 4.90 Å². The molecule has 0 atom stereocenters. The number of hydrogen-bond acceptors (Lipinski definition) is 4. The predicted octanol–water partition coefficient (Wildman–Crippen LogP) is 3.26. The summed E-state index contributed by atoms with van der Waals surface area (Å²) < 4.78 is 2.11. The minimum Gasteiger partial charge on any atom is -0.345 e. The Morgan fingerprint density at radius 3 is 2.86 bits per heavy atom. The molecule has 108 valence electrons. The third kappa shape index (κ3) is 1.95. The first kappa shape index (κ1) is 12.8. The molecule has 4 rings (SSSR count). The molecule has 0 saturated heterocycles. The quantitative estimate of drug-likeness (QED) is 0.745. The Morgan fingerprint density at radius 2 is 2.14 bits per heavy atom. The molecule has 1 aromatic carbocycles. The summed E-state index contributed by atoms with van der Waals surface area (Å²) >= 11 is 6.10. The normalized spacial score (nSPS) is 15.0. The van der Waals surface area contributed by atoms with Gasteiger partial charge in [0.25, 0.3) is 0 Å². The Balaban J connectivity index is 2.11. The van der Waals surface area contributed by atoms with E-state index < -0.39 is 0 Å². The Labute approximate surface area is 127 Å². The summed E-state index contributed by atoms with van der Waals surface area (Å²) in [5, 5.41) is 10.5. The molecule has 0 unspecified atom stereocenters. The first-order chi connectivity index (χ1) is 10.2. The van der Waals surface area contributed by atoms with Crippen LogP contribution in [0.25, 0.3) is 16.6 Å². The lowest BCUT2D eigenvalue weighted by atomic mass is 10.2. The number of fused-ring (bicyclic) bond motifs is 3. The topological polar surface area (TPSA) is 46.3 Å². The molecule has 1 aliphatic rings. The molecular weight excluding hydrogens is 286 g/mol. The fourth-order valence-corrected chi connectivity index (χ4v) is 2.78. The van der Waals surface area contributed by atoms with Crippen molar-refractivity contribution in [3.63, 3.8) is 0 Å². The molecule has 6 heteroatoms. The van der Waals surface area contributed by atoms with Crippen molar-refractivity contribution < 1.29 is 0 Å². The lowest BCUT2D eigenvalue weighted by Crippen LogP contribution is -2.21. The molecule has 0 spiro atoms. The Kier molecular flexibility index (Phi) is 2.79. The van der Waals surface area contributed by atoms with Crippen molar-refractivity contribution >= 4 is 34.1 Å². The van der Waals surface area contributed by atoms with Crippen LogP contribution >= 0.6 is 11.6 Å². The van der Waals surface area contributed by atoms with Gasteiger partial charge in [0.15, 0.2) is 5.65 Å². The van der Waals surface area contributed by atoms with Crippen molar-refractivity contribution in [3.8, 4) is 0 Å². The summed E-state index contributed by atoms with van der Waals surface area (Å²) in [5.41, 5.74) is 1.73. The van der Waals surface area contributed by atoms with Gasteiger partial charge < -0.3 is 4.90 Å². The van der Waals surface area contributed by atoms with Gasteiger partial charge in [-0.15, -0.1) is 10.2 Å². The number of hydrogen-bond donors (Lipinski definition) is 0. The molecule has 0 radical (unpaired) electrons. The summed E-state index contributed by atoms with van der Waals surface area (Å²) in [4.78, 5) is 6.92. The molecular formula is C15H16ClN5. The summed E-state index contributed by atoms with van der Waals surface area (Å²) in [6.07, 6.45) is 2.38. The Morgan fingerprint density at radius 1 is 1.33 bits per heavy atom. The van der Waals surface area contributed by atoms with Gasteiger partial charge >= 0.3 is 0 Å². The zero-order chi connectivity index (χ0) is 14.6. The maximum absolute atomic E-state index is 6.10. The number of benzene rings is 1. The first-order valence-electron chi connectivity index (χ1n) is 7.24. The van der Waals surface area contributed by atoms with E-state index in [4.69, 9.17) is 16.6 Å². The minimum absolute atomic E-state index is 0.524. The zero-order valence-corrected chi connectivity index (χ0v) is 12.8. The van der Waals surface area contributed by atoms with E-state index in [1.165, 1.54) is 12.8 Å². The van der Waals surface area contributed by atoms with Crippen LogP contribution in [-0.2, 0) is 0 Å². The van der Waals surface area contributed by atoms with Crippen molar-refractivity contribution in [2.45, 2.75) is 25.7 Å². The number of aromatic nitrogens is 4. The fourth-order valence-electron chi connectivity index (χ4n) is 2.62. The largest absolute Gasteiger partial charge is 0.345 e. The van der Waals surface area contributed by atoms with Crippen molar-refractivity contribution in [3.05, 3.63) is 29.0 Å². The van der Waals surface area contributed by atoms with Crippen LogP contribution in [0.15, 0.2) is 18.2 Å². The van der Waals surface area contributed by atoms with Crippen molar-refractivity contribution in [1.29, 1.82) is 0 Å². The van der Waals surface area contributed by atoms with Crippen LogP contribution in [0.2, 0.25) is 5.02 Å². The summed E-state index contributed by atoms with van der Waals surface area (Å²) in [5.74, 6) is 2.44. The van der Waals surface area contributed by atoms with Gasteiger partial charge in [-0.05, 0) is 38.0 Å². The van der Waals surface area contributed by atoms with Gasteiger partial charge in [-0.25, -0.2) is 9.38 Å². The molecule has 5 nitrogen and oxygen atoms in total. The van der Waals surface area contributed by atoms with E-state index in [1.807, 2.05) is 25.2 Å². The van der Waals surface area contributed by atoms with Gasteiger partial charge in [-0.3, -0.25) is 0 Å². The minimum atomic E-state index is 0.524. The molecule has 0 bridgehead atoms. The number of halogens is 1. The molecule has 21 heavy (non-hydrogen) atoms. The van der Waals surface area contributed by atoms with Crippen LogP contribution in [0.4, 0.5) is 5.95 Å². The zero-order valence-electron chi connectivity index (χ0n) is 12.0. The third-order valence-electron chi connectivity index (χ3n) is 4.07. The van der Waals surface area contributed by atoms with Crippen LogP contribution in [0.1, 0.15) is 31.5 Å². The van der Waals surface area contributed by atoms with Crippen LogP contribution in [0, 0.1) is 0 Å². The average molecular weight is 302 g/mol. The van der Waals surface area contributed by atoms with E-state index in [-0.39, 0.29) is 0 Å². The second-order valence-electron chi connectivity index (χ2n) is 5.58. The smallest absolute Gasteiger partial charge is 0.213 e. The average Bonchev–Trinajstić information content (AvgIpc) is 3.24. The molecule has 2 heterocycles. The van der Waals surface area contributed by atoms with Crippen LogP contribution in [0.3, 0.4) is 0 Å². The summed E-state index contributed by atoms with van der Waals surface area (Å²) in [6.45, 7) is 2.98. The highest BCUT2D eigenvalue weighted by Crippen LogP contribution is 2.40. The molecule has 3 aromatic rings. The molecule has 2 aromatic heterocycles. The van der Waals surface area contributed by atoms with Crippen LogP contribution in [-0.4, -0.2) is 33.2 Å².